The molecule has 0 aliphatic heterocycles. The van der Waals surface area contributed by atoms with E-state index in [9.17, 15) is 9.59 Å². The van der Waals surface area contributed by atoms with Crippen molar-refractivity contribution in [3.05, 3.63) is 81.8 Å². The van der Waals surface area contributed by atoms with Gasteiger partial charge in [0.2, 0.25) is 0 Å². The summed E-state index contributed by atoms with van der Waals surface area (Å²) >= 11 is 0. The number of hydrogen-bond donors (Lipinski definition) is 0. The molecule has 0 unspecified atom stereocenters. The second-order valence-electron chi connectivity index (χ2n) is 5.35. The molecule has 4 heteroatoms. The van der Waals surface area contributed by atoms with Gasteiger partial charge >= 0.3 is 0 Å². The Morgan fingerprint density at radius 1 is 1.08 bits per heavy atom. The largest absolute Gasteiger partial charge is 0.295 e. The number of carbonyl (C=O) groups excluding carboxylic acids is 1. The molecule has 0 spiro atoms. The van der Waals surface area contributed by atoms with Crippen LogP contribution in [0.4, 0.5) is 0 Å². The molecule has 128 valence electrons. The number of rotatable bonds is 3. The number of fused-ring (bicyclic) bond motifs is 1. The third-order valence-corrected chi connectivity index (χ3v) is 3.88. The summed E-state index contributed by atoms with van der Waals surface area (Å²) in [6.45, 7) is 5.79. The van der Waals surface area contributed by atoms with Crippen LogP contribution in [0.1, 0.15) is 35.3 Å². The summed E-state index contributed by atoms with van der Waals surface area (Å²) in [4.78, 5) is 29.3. The number of pyridine rings is 2. The maximum absolute atomic E-state index is 12.5. The first-order valence-corrected chi connectivity index (χ1v) is 8.31. The van der Waals surface area contributed by atoms with E-state index in [1.54, 1.807) is 32.3 Å². The normalized spacial score (nSPS) is 10.6. The summed E-state index contributed by atoms with van der Waals surface area (Å²) in [5.41, 5.74) is 2.03. The van der Waals surface area contributed by atoms with E-state index in [1.165, 1.54) is 10.6 Å². The van der Waals surface area contributed by atoms with Crippen LogP contribution >= 0.6 is 0 Å². The molecule has 4 nitrogen and oxygen atoms in total. The molecule has 25 heavy (non-hydrogen) atoms. The van der Waals surface area contributed by atoms with Crippen molar-refractivity contribution >= 4 is 22.9 Å². The van der Waals surface area contributed by atoms with Gasteiger partial charge in [-0.1, -0.05) is 50.3 Å². The van der Waals surface area contributed by atoms with Crippen LogP contribution in [0.15, 0.2) is 59.5 Å². The van der Waals surface area contributed by atoms with E-state index in [0.717, 1.165) is 10.9 Å². The van der Waals surface area contributed by atoms with Crippen LogP contribution in [-0.4, -0.2) is 15.3 Å². The Hall–Kier alpha value is -3.01. The third kappa shape index (κ3) is 3.74. The molecule has 0 saturated heterocycles. The van der Waals surface area contributed by atoms with Gasteiger partial charge in [0.15, 0.2) is 5.78 Å². The van der Waals surface area contributed by atoms with Gasteiger partial charge in [-0.3, -0.25) is 14.2 Å². The Kier molecular flexibility index (Phi) is 6.01. The lowest BCUT2D eigenvalue weighted by atomic mass is 10.0. The Morgan fingerprint density at radius 3 is 2.44 bits per heavy atom. The van der Waals surface area contributed by atoms with Gasteiger partial charge in [0.1, 0.15) is 5.65 Å². The summed E-state index contributed by atoms with van der Waals surface area (Å²) in [6, 6.07) is 13.2. The van der Waals surface area contributed by atoms with Crippen molar-refractivity contribution in [2.24, 2.45) is 7.05 Å². The molecule has 2 aromatic heterocycles. The van der Waals surface area contributed by atoms with Crippen molar-refractivity contribution in [2.45, 2.75) is 20.8 Å². The predicted molar refractivity (Wildman–Crippen MR) is 103 cm³/mol. The second-order valence-corrected chi connectivity index (χ2v) is 5.35. The van der Waals surface area contributed by atoms with E-state index in [4.69, 9.17) is 0 Å². The second kappa shape index (κ2) is 8.20. The highest BCUT2D eigenvalue weighted by atomic mass is 16.1. The maximum atomic E-state index is 12.5. The van der Waals surface area contributed by atoms with E-state index in [0.29, 0.717) is 11.2 Å². The molecule has 3 rings (SSSR count). The third-order valence-electron chi connectivity index (χ3n) is 3.88. The molecule has 0 amide bonds. The van der Waals surface area contributed by atoms with Gasteiger partial charge in [0.05, 0.1) is 5.56 Å². The molecule has 3 aromatic rings. The molecule has 0 aliphatic rings. The zero-order valence-electron chi connectivity index (χ0n) is 15.0. The van der Waals surface area contributed by atoms with Crippen molar-refractivity contribution < 1.29 is 4.79 Å². The summed E-state index contributed by atoms with van der Waals surface area (Å²) in [6.07, 6.45) is 4.80. The Balaban J connectivity index is 0.00000109. The molecule has 1 aromatic carbocycles. The predicted octanol–water partition coefficient (Wildman–Crippen LogP) is 4.16. The maximum Gasteiger partial charge on any atom is 0.263 e. The first-order valence-electron chi connectivity index (χ1n) is 8.31. The molecule has 2 heterocycles. The lowest BCUT2D eigenvalue weighted by Gasteiger charge is -2.10. The first-order chi connectivity index (χ1) is 12.1. The van der Waals surface area contributed by atoms with Crippen molar-refractivity contribution in [3.8, 4) is 0 Å². The van der Waals surface area contributed by atoms with E-state index in [1.807, 2.05) is 50.2 Å². The monoisotopic (exact) mass is 334 g/mol. The Labute approximate surface area is 147 Å². The molecule has 0 aliphatic carbocycles. The minimum Gasteiger partial charge on any atom is -0.295 e. The average Bonchev–Trinajstić information content (AvgIpc) is 2.67. The number of allylic oxidation sites excluding steroid dienone is 1. The number of carbonyl (C=O) groups is 1. The van der Waals surface area contributed by atoms with Gasteiger partial charge in [0, 0.05) is 18.6 Å². The van der Waals surface area contributed by atoms with Crippen molar-refractivity contribution in [3.63, 3.8) is 0 Å². The average molecular weight is 334 g/mol. The van der Waals surface area contributed by atoms with Gasteiger partial charge in [-0.05, 0) is 36.3 Å². The smallest absolute Gasteiger partial charge is 0.263 e. The fourth-order valence-corrected chi connectivity index (χ4v) is 2.63. The van der Waals surface area contributed by atoms with Crippen LogP contribution in [0.2, 0.25) is 0 Å². The summed E-state index contributed by atoms with van der Waals surface area (Å²) in [7, 11) is 1.63. The van der Waals surface area contributed by atoms with Crippen LogP contribution in [-0.2, 0) is 7.05 Å². The number of aromatic nitrogens is 2. The summed E-state index contributed by atoms with van der Waals surface area (Å²) < 4.78 is 1.42. The zero-order valence-corrected chi connectivity index (χ0v) is 15.0. The number of aryl methyl sites for hydroxylation is 2. The van der Waals surface area contributed by atoms with E-state index in [-0.39, 0.29) is 16.9 Å². The highest BCUT2D eigenvalue weighted by Crippen LogP contribution is 2.17. The quantitative estimate of drug-likeness (QED) is 0.534. The molecule has 0 bridgehead atoms. The minimum absolute atomic E-state index is 0.195. The van der Waals surface area contributed by atoms with E-state index >= 15 is 0 Å². The number of nitrogens with zero attached hydrogens (tertiary/aromatic N) is 2. The molecular formula is C21H22N2O2. The summed E-state index contributed by atoms with van der Waals surface area (Å²) in [5, 5.41) is 0.811. The molecule has 0 atom stereocenters. The van der Waals surface area contributed by atoms with Gasteiger partial charge in [0.25, 0.3) is 5.56 Å². The van der Waals surface area contributed by atoms with Crippen LogP contribution in [0.3, 0.4) is 0 Å². The van der Waals surface area contributed by atoms with Crippen molar-refractivity contribution in [1.29, 1.82) is 0 Å². The fraction of sp³-hybridized carbons (Fsp3) is 0.190. The molecule has 0 N–H and O–H groups in total. The van der Waals surface area contributed by atoms with E-state index < -0.39 is 0 Å². The van der Waals surface area contributed by atoms with Crippen molar-refractivity contribution in [1.82, 2.24) is 9.55 Å². The SMILES string of the molecule is CC.Cc1c(C(=O)/C=C/c2ccccc2)c(=O)n(C)c2ncccc12. The van der Waals surface area contributed by atoms with Gasteiger partial charge < -0.3 is 0 Å². The zero-order chi connectivity index (χ0) is 18.4. The highest BCUT2D eigenvalue weighted by molar-refractivity contribution is 6.09. The van der Waals surface area contributed by atoms with Gasteiger partial charge in [-0.25, -0.2) is 4.98 Å². The highest BCUT2D eigenvalue weighted by Gasteiger charge is 2.17. The van der Waals surface area contributed by atoms with Crippen LogP contribution in [0, 0.1) is 6.92 Å². The topological polar surface area (TPSA) is 52.0 Å². The standard InChI is InChI=1S/C19H16N2O2.C2H6/c1-13-15-9-6-12-20-18(15)21(2)19(23)17(13)16(22)11-10-14-7-4-3-5-8-14;1-2/h3-12H,1-2H3;1-2H3/b11-10+;. The Morgan fingerprint density at radius 2 is 1.76 bits per heavy atom. The minimum atomic E-state index is -0.323. The van der Waals surface area contributed by atoms with E-state index in [2.05, 4.69) is 4.98 Å². The molecule has 0 radical (unpaired) electrons. The number of benzene rings is 1. The Bertz CT molecular complexity index is 970. The fourth-order valence-electron chi connectivity index (χ4n) is 2.63. The molecular weight excluding hydrogens is 312 g/mol. The van der Waals surface area contributed by atoms with Crippen LogP contribution < -0.4 is 5.56 Å². The number of ketones is 1. The number of hydrogen-bond acceptors (Lipinski definition) is 3. The summed E-state index contributed by atoms with van der Waals surface area (Å²) in [5.74, 6) is -0.294. The molecule has 0 fully saturated rings. The lowest BCUT2D eigenvalue weighted by molar-refractivity contribution is 0.104. The van der Waals surface area contributed by atoms with Crippen molar-refractivity contribution in [2.75, 3.05) is 0 Å². The lowest BCUT2D eigenvalue weighted by Crippen LogP contribution is -2.26. The van der Waals surface area contributed by atoms with Gasteiger partial charge in [-0.2, -0.15) is 0 Å². The first kappa shape index (κ1) is 18.3. The van der Waals surface area contributed by atoms with Crippen LogP contribution in [0.25, 0.3) is 17.1 Å². The van der Waals surface area contributed by atoms with Gasteiger partial charge in [-0.15, -0.1) is 0 Å². The molecule has 0 saturated carbocycles. The van der Waals surface area contributed by atoms with Crippen LogP contribution in [0.5, 0.6) is 0 Å².